The summed E-state index contributed by atoms with van der Waals surface area (Å²) in [4.78, 5) is 0. The van der Waals surface area contributed by atoms with E-state index in [4.69, 9.17) is 14.2 Å². The minimum atomic E-state index is -0.0324. The van der Waals surface area contributed by atoms with Gasteiger partial charge in [0.1, 0.15) is 5.75 Å². The third-order valence-corrected chi connectivity index (χ3v) is 2.92. The van der Waals surface area contributed by atoms with Gasteiger partial charge in [0, 0.05) is 11.1 Å². The monoisotopic (exact) mass is 284 g/mol. The van der Waals surface area contributed by atoms with Crippen molar-refractivity contribution in [3.63, 3.8) is 0 Å². The minimum absolute atomic E-state index is 0.0324. The largest absolute Gasteiger partial charge is 0.502 e. The number of hydrogen-bond donors (Lipinski definition) is 1. The molecule has 0 spiro atoms. The van der Waals surface area contributed by atoms with E-state index in [-0.39, 0.29) is 5.75 Å². The molecule has 0 fully saturated rings. The Kier molecular flexibility index (Phi) is 4.57. The van der Waals surface area contributed by atoms with Crippen molar-refractivity contribution in [1.29, 1.82) is 0 Å². The Labute approximate surface area is 123 Å². The number of rotatable bonds is 3. The number of hydrogen-bond acceptors (Lipinski definition) is 4. The van der Waals surface area contributed by atoms with Crippen LogP contribution in [-0.4, -0.2) is 26.4 Å². The molecule has 21 heavy (non-hydrogen) atoms. The van der Waals surface area contributed by atoms with Gasteiger partial charge in [-0.05, 0) is 36.4 Å². The standard InChI is InChI=1S/C17H16O4/c1-19-14-8-6-12(7-9-14)4-5-13-10-15(20-2)17(18)16(11-13)21-3/h6-11,18H,1-3H3. The molecule has 0 unspecified atom stereocenters. The van der Waals surface area contributed by atoms with Gasteiger partial charge in [0.15, 0.2) is 11.5 Å². The van der Waals surface area contributed by atoms with E-state index in [0.717, 1.165) is 11.3 Å². The maximum absolute atomic E-state index is 9.84. The van der Waals surface area contributed by atoms with Gasteiger partial charge in [0.05, 0.1) is 21.3 Å². The first-order chi connectivity index (χ1) is 10.2. The van der Waals surface area contributed by atoms with Gasteiger partial charge in [-0.1, -0.05) is 11.8 Å². The van der Waals surface area contributed by atoms with Crippen LogP contribution in [0.25, 0.3) is 0 Å². The first-order valence-electron chi connectivity index (χ1n) is 6.29. The van der Waals surface area contributed by atoms with E-state index in [1.165, 1.54) is 14.2 Å². The van der Waals surface area contributed by atoms with E-state index in [0.29, 0.717) is 17.1 Å². The summed E-state index contributed by atoms with van der Waals surface area (Å²) >= 11 is 0. The van der Waals surface area contributed by atoms with Crippen LogP contribution in [0.4, 0.5) is 0 Å². The molecule has 0 atom stereocenters. The lowest BCUT2D eigenvalue weighted by atomic mass is 10.1. The topological polar surface area (TPSA) is 47.9 Å². The smallest absolute Gasteiger partial charge is 0.200 e. The highest BCUT2D eigenvalue weighted by molar-refractivity contribution is 5.57. The predicted octanol–water partition coefficient (Wildman–Crippen LogP) is 2.82. The molecule has 0 amide bonds. The van der Waals surface area contributed by atoms with Crippen LogP contribution in [0.5, 0.6) is 23.0 Å². The molecule has 2 aromatic rings. The van der Waals surface area contributed by atoms with Crippen LogP contribution >= 0.6 is 0 Å². The highest BCUT2D eigenvalue weighted by Gasteiger charge is 2.09. The van der Waals surface area contributed by atoms with Gasteiger partial charge in [0.25, 0.3) is 0 Å². The molecule has 2 rings (SSSR count). The van der Waals surface area contributed by atoms with Gasteiger partial charge in [-0.15, -0.1) is 0 Å². The molecule has 0 saturated carbocycles. The molecular formula is C17H16O4. The number of benzene rings is 2. The molecule has 0 heterocycles. The lowest BCUT2D eigenvalue weighted by molar-refractivity contribution is 0.339. The Morgan fingerprint density at radius 1 is 0.762 bits per heavy atom. The molecule has 108 valence electrons. The highest BCUT2D eigenvalue weighted by Crippen LogP contribution is 2.36. The summed E-state index contributed by atoms with van der Waals surface area (Å²) in [6.07, 6.45) is 0. The van der Waals surface area contributed by atoms with E-state index in [2.05, 4.69) is 11.8 Å². The number of phenolic OH excluding ortho intramolecular Hbond substituents is 1. The molecule has 0 aliphatic carbocycles. The molecule has 2 aromatic carbocycles. The van der Waals surface area contributed by atoms with Crippen LogP contribution < -0.4 is 14.2 Å². The lowest BCUT2D eigenvalue weighted by Crippen LogP contribution is -1.90. The van der Waals surface area contributed by atoms with E-state index >= 15 is 0 Å². The van der Waals surface area contributed by atoms with E-state index in [1.54, 1.807) is 19.2 Å². The van der Waals surface area contributed by atoms with Gasteiger partial charge < -0.3 is 19.3 Å². The van der Waals surface area contributed by atoms with Crippen LogP contribution in [-0.2, 0) is 0 Å². The van der Waals surface area contributed by atoms with Crippen molar-refractivity contribution in [2.75, 3.05) is 21.3 Å². The maximum atomic E-state index is 9.84. The Morgan fingerprint density at radius 2 is 1.29 bits per heavy atom. The molecule has 4 nitrogen and oxygen atoms in total. The fraction of sp³-hybridized carbons (Fsp3) is 0.176. The average molecular weight is 284 g/mol. The van der Waals surface area contributed by atoms with Crippen molar-refractivity contribution in [2.24, 2.45) is 0 Å². The zero-order valence-electron chi connectivity index (χ0n) is 12.1. The fourth-order valence-electron chi connectivity index (χ4n) is 1.78. The average Bonchev–Trinajstić information content (AvgIpc) is 2.54. The van der Waals surface area contributed by atoms with Crippen molar-refractivity contribution in [3.05, 3.63) is 47.5 Å². The number of methoxy groups -OCH3 is 3. The first kappa shape index (κ1) is 14.6. The summed E-state index contributed by atoms with van der Waals surface area (Å²) in [5, 5.41) is 9.84. The summed E-state index contributed by atoms with van der Waals surface area (Å²) in [5.74, 6) is 7.46. The number of phenols is 1. The summed E-state index contributed by atoms with van der Waals surface area (Å²) < 4.78 is 15.3. The molecular weight excluding hydrogens is 268 g/mol. The summed E-state index contributed by atoms with van der Waals surface area (Å²) in [7, 11) is 4.58. The molecule has 0 aliphatic heterocycles. The van der Waals surface area contributed by atoms with Gasteiger partial charge in [-0.3, -0.25) is 0 Å². The summed E-state index contributed by atoms with van der Waals surface area (Å²) in [5.41, 5.74) is 1.55. The van der Waals surface area contributed by atoms with Crippen molar-refractivity contribution >= 4 is 0 Å². The number of ether oxygens (including phenoxy) is 3. The summed E-state index contributed by atoms with van der Waals surface area (Å²) in [6.45, 7) is 0. The third kappa shape index (κ3) is 3.40. The Morgan fingerprint density at radius 3 is 1.76 bits per heavy atom. The second kappa shape index (κ2) is 6.58. The normalized spacial score (nSPS) is 9.48. The van der Waals surface area contributed by atoms with Crippen LogP contribution in [0.15, 0.2) is 36.4 Å². The highest BCUT2D eigenvalue weighted by atomic mass is 16.5. The Balaban J connectivity index is 2.32. The fourth-order valence-corrected chi connectivity index (χ4v) is 1.78. The zero-order chi connectivity index (χ0) is 15.2. The maximum Gasteiger partial charge on any atom is 0.200 e. The van der Waals surface area contributed by atoms with E-state index in [1.807, 2.05) is 24.3 Å². The van der Waals surface area contributed by atoms with Crippen molar-refractivity contribution in [1.82, 2.24) is 0 Å². The minimum Gasteiger partial charge on any atom is -0.502 e. The van der Waals surface area contributed by atoms with Gasteiger partial charge >= 0.3 is 0 Å². The Hall–Kier alpha value is -2.80. The van der Waals surface area contributed by atoms with Gasteiger partial charge in [-0.2, -0.15) is 0 Å². The molecule has 0 bridgehead atoms. The van der Waals surface area contributed by atoms with Crippen LogP contribution in [0, 0.1) is 11.8 Å². The Bertz CT molecular complexity index is 653. The molecule has 0 aromatic heterocycles. The van der Waals surface area contributed by atoms with E-state index in [9.17, 15) is 5.11 Å². The van der Waals surface area contributed by atoms with Crippen molar-refractivity contribution in [3.8, 4) is 34.8 Å². The number of aromatic hydroxyl groups is 1. The second-order valence-electron chi connectivity index (χ2n) is 4.21. The SMILES string of the molecule is COc1ccc(C#Cc2cc(OC)c(O)c(OC)c2)cc1. The lowest BCUT2D eigenvalue weighted by Gasteiger charge is -2.08. The second-order valence-corrected chi connectivity index (χ2v) is 4.21. The molecule has 1 N–H and O–H groups in total. The van der Waals surface area contributed by atoms with Crippen molar-refractivity contribution < 1.29 is 19.3 Å². The third-order valence-electron chi connectivity index (χ3n) is 2.92. The van der Waals surface area contributed by atoms with Crippen molar-refractivity contribution in [2.45, 2.75) is 0 Å². The van der Waals surface area contributed by atoms with Crippen LogP contribution in [0.2, 0.25) is 0 Å². The quantitative estimate of drug-likeness (QED) is 0.880. The van der Waals surface area contributed by atoms with Crippen LogP contribution in [0.3, 0.4) is 0 Å². The molecule has 0 saturated heterocycles. The molecule has 4 heteroatoms. The summed E-state index contributed by atoms with van der Waals surface area (Å²) in [6, 6.07) is 10.8. The van der Waals surface area contributed by atoms with Gasteiger partial charge in [-0.25, -0.2) is 0 Å². The molecule has 0 radical (unpaired) electrons. The molecule has 0 aliphatic rings. The predicted molar refractivity (Wildman–Crippen MR) is 80.2 cm³/mol. The van der Waals surface area contributed by atoms with Gasteiger partial charge in [0.2, 0.25) is 5.75 Å². The van der Waals surface area contributed by atoms with Crippen LogP contribution in [0.1, 0.15) is 11.1 Å². The first-order valence-corrected chi connectivity index (χ1v) is 6.29. The zero-order valence-corrected chi connectivity index (χ0v) is 12.1. The van der Waals surface area contributed by atoms with E-state index < -0.39 is 0 Å².